The molecule has 7 nitrogen and oxygen atoms in total. The fourth-order valence-electron chi connectivity index (χ4n) is 1.25. The SMILES string of the molecule is C=CC(=O)OCCn1cc[n+](C)c1.N#C[B-](C#N)(C#N)C(F)(F)F. The minimum atomic E-state index is -5.06. The van der Waals surface area contributed by atoms with E-state index in [4.69, 9.17) is 20.5 Å². The second-order valence-electron chi connectivity index (χ2n) is 4.48. The van der Waals surface area contributed by atoms with Crippen LogP contribution >= 0.6 is 0 Å². The lowest BCUT2D eigenvalue weighted by atomic mass is 9.28. The summed E-state index contributed by atoms with van der Waals surface area (Å²) in [6, 6.07) is 0. The summed E-state index contributed by atoms with van der Waals surface area (Å²) in [6.45, 7) is 4.35. The van der Waals surface area contributed by atoms with E-state index in [-0.39, 0.29) is 5.97 Å². The monoisotopic (exact) mass is 339 g/mol. The molecule has 0 aliphatic carbocycles. The van der Waals surface area contributed by atoms with Crippen molar-refractivity contribution in [1.82, 2.24) is 4.57 Å². The number of imidazole rings is 1. The number of nitrogens with zero attached hydrogens (tertiary/aromatic N) is 5. The Kier molecular flexibility index (Phi) is 7.79. The molecule has 0 fully saturated rings. The number of nitriles is 3. The molecule has 1 rings (SSSR count). The lowest BCUT2D eigenvalue weighted by Gasteiger charge is -2.19. The Morgan fingerprint density at radius 2 is 1.92 bits per heavy atom. The van der Waals surface area contributed by atoms with E-state index in [1.54, 1.807) is 0 Å². The van der Waals surface area contributed by atoms with Gasteiger partial charge in [0.2, 0.25) is 6.33 Å². The van der Waals surface area contributed by atoms with Crippen LogP contribution in [-0.2, 0) is 23.1 Å². The van der Waals surface area contributed by atoms with Crippen LogP contribution in [0.3, 0.4) is 0 Å². The van der Waals surface area contributed by atoms with Crippen LogP contribution in [0.2, 0.25) is 0 Å². The lowest BCUT2D eigenvalue weighted by molar-refractivity contribution is -0.671. The Hall–Kier alpha value is -3.26. The first kappa shape index (κ1) is 20.7. The second kappa shape index (κ2) is 9.01. The van der Waals surface area contributed by atoms with E-state index >= 15 is 0 Å². The van der Waals surface area contributed by atoms with E-state index in [0.29, 0.717) is 31.1 Å². The summed E-state index contributed by atoms with van der Waals surface area (Å²) < 4.78 is 43.9. The topological polar surface area (TPSA) is 106 Å². The number of aromatic nitrogens is 2. The molecule has 0 N–H and O–H groups in total. The highest BCUT2D eigenvalue weighted by atomic mass is 19.4. The third-order valence-electron chi connectivity index (χ3n) is 2.66. The Morgan fingerprint density at radius 1 is 1.38 bits per heavy atom. The molecule has 1 aromatic heterocycles. The number of ether oxygens (including phenoxy) is 1. The third kappa shape index (κ3) is 5.86. The molecule has 0 aliphatic rings. The molecule has 0 amide bonds. The predicted octanol–water partition coefficient (Wildman–Crippen LogP) is 0.767. The minimum Gasteiger partial charge on any atom is -0.458 e. The molecule has 0 saturated carbocycles. The van der Waals surface area contributed by atoms with Gasteiger partial charge in [-0.1, -0.05) is 6.58 Å². The molecule has 11 heteroatoms. The number of alkyl halides is 3. The normalized spacial score (nSPS) is 10.2. The van der Waals surface area contributed by atoms with Gasteiger partial charge in [-0.25, -0.2) is 42.9 Å². The number of rotatable bonds is 4. The summed E-state index contributed by atoms with van der Waals surface area (Å²) >= 11 is 0. The third-order valence-corrected chi connectivity index (χ3v) is 2.66. The highest BCUT2D eigenvalue weighted by Crippen LogP contribution is 2.26. The zero-order chi connectivity index (χ0) is 18.8. The molecule has 0 spiro atoms. The van der Waals surface area contributed by atoms with Gasteiger partial charge in [-0.05, 0) is 0 Å². The van der Waals surface area contributed by atoms with Crippen molar-refractivity contribution < 1.29 is 27.3 Å². The average Bonchev–Trinajstić information content (AvgIpc) is 2.94. The second-order valence-corrected chi connectivity index (χ2v) is 4.48. The number of esters is 1. The number of hydrogen-bond acceptors (Lipinski definition) is 5. The van der Waals surface area contributed by atoms with Crippen LogP contribution in [0.15, 0.2) is 31.4 Å². The van der Waals surface area contributed by atoms with Crippen molar-refractivity contribution >= 4 is 12.1 Å². The first-order valence-electron chi connectivity index (χ1n) is 6.42. The zero-order valence-corrected chi connectivity index (χ0v) is 12.7. The van der Waals surface area contributed by atoms with Gasteiger partial charge >= 0.3 is 12.1 Å². The Balaban J connectivity index is 0.000000449. The van der Waals surface area contributed by atoms with E-state index in [2.05, 4.69) is 6.58 Å². The smallest absolute Gasteiger partial charge is 0.401 e. The molecule has 0 aromatic carbocycles. The van der Waals surface area contributed by atoms with Gasteiger partial charge in [-0.2, -0.15) is 0 Å². The van der Waals surface area contributed by atoms with Crippen molar-refractivity contribution in [2.45, 2.75) is 12.6 Å². The van der Waals surface area contributed by atoms with Gasteiger partial charge in [-0.3, -0.25) is 0 Å². The number of carbonyl (C=O) groups excluding carboxylic acids is 1. The fourth-order valence-corrected chi connectivity index (χ4v) is 1.25. The molecule has 1 aromatic rings. The molecule has 0 atom stereocenters. The molecule has 0 radical (unpaired) electrons. The van der Waals surface area contributed by atoms with Gasteiger partial charge in [0.25, 0.3) is 6.08 Å². The summed E-state index contributed by atoms with van der Waals surface area (Å²) in [5.41, 5.74) is 0. The summed E-state index contributed by atoms with van der Waals surface area (Å²) in [5, 5.41) is 23.8. The molecule has 0 saturated heterocycles. The van der Waals surface area contributed by atoms with Crippen molar-refractivity contribution in [3.63, 3.8) is 0 Å². The Bertz CT molecular complexity index is 673. The molecule has 0 aliphatic heterocycles. The number of halogens is 3. The van der Waals surface area contributed by atoms with Gasteiger partial charge in [-0.15, -0.1) is 17.9 Å². The maximum Gasteiger partial charge on any atom is 0.401 e. The first-order valence-corrected chi connectivity index (χ1v) is 6.42. The summed E-state index contributed by atoms with van der Waals surface area (Å²) in [4.78, 5) is 10.7. The van der Waals surface area contributed by atoms with Crippen LogP contribution in [0.4, 0.5) is 13.2 Å². The van der Waals surface area contributed by atoms with Gasteiger partial charge < -0.3 is 4.74 Å². The minimum absolute atomic E-state index is 0.375. The fraction of sp³-hybridized carbons (Fsp3) is 0.308. The van der Waals surface area contributed by atoms with Gasteiger partial charge in [0.1, 0.15) is 25.5 Å². The summed E-state index contributed by atoms with van der Waals surface area (Å²) in [5.74, 6) is 1.63. The van der Waals surface area contributed by atoms with Crippen LogP contribution in [0, 0.1) is 33.7 Å². The largest absolute Gasteiger partial charge is 0.458 e. The van der Waals surface area contributed by atoms with Crippen molar-refractivity contribution in [3.8, 4) is 17.9 Å². The number of aryl methyl sites for hydroxylation is 1. The van der Waals surface area contributed by atoms with Crippen LogP contribution < -0.4 is 4.57 Å². The van der Waals surface area contributed by atoms with Crippen LogP contribution in [0.1, 0.15) is 0 Å². The maximum atomic E-state index is 11.7. The molecule has 24 heavy (non-hydrogen) atoms. The molecule has 0 bridgehead atoms. The molecular weight excluding hydrogens is 326 g/mol. The van der Waals surface area contributed by atoms with E-state index < -0.39 is 12.2 Å². The lowest BCUT2D eigenvalue weighted by Crippen LogP contribution is -2.47. The van der Waals surface area contributed by atoms with E-state index in [1.165, 1.54) is 0 Å². The summed E-state index contributed by atoms with van der Waals surface area (Å²) in [6.07, 6.45) is -2.32. The van der Waals surface area contributed by atoms with Crippen molar-refractivity contribution in [2.24, 2.45) is 7.05 Å². The molecular formula is C13H13BF3N5O2. The van der Waals surface area contributed by atoms with Gasteiger partial charge in [0, 0.05) is 6.08 Å². The van der Waals surface area contributed by atoms with Gasteiger partial charge in [0.15, 0.2) is 0 Å². The van der Waals surface area contributed by atoms with E-state index in [1.807, 2.05) is 34.9 Å². The Morgan fingerprint density at radius 3 is 2.21 bits per heavy atom. The zero-order valence-electron chi connectivity index (χ0n) is 12.7. The van der Waals surface area contributed by atoms with Gasteiger partial charge in [0.05, 0.1) is 7.05 Å². The van der Waals surface area contributed by atoms with Crippen molar-refractivity contribution in [3.05, 3.63) is 31.4 Å². The van der Waals surface area contributed by atoms with Crippen molar-refractivity contribution in [2.75, 3.05) is 6.61 Å². The first-order chi connectivity index (χ1) is 11.2. The van der Waals surface area contributed by atoms with Crippen molar-refractivity contribution in [1.29, 1.82) is 15.8 Å². The molecule has 0 unspecified atom stereocenters. The standard InChI is InChI=1S/C9H13N2O2.C4BF3N3/c1-3-9(12)13-7-6-11-5-4-10(2)8-11;6-4(7,8)5(1-9,2-10)3-11/h3-5,8H,1,6-7H2,2H3;/q+1;-1. The van der Waals surface area contributed by atoms with Crippen LogP contribution in [0.25, 0.3) is 0 Å². The van der Waals surface area contributed by atoms with Crippen LogP contribution in [0.5, 0.6) is 0 Å². The molecule has 126 valence electrons. The quantitative estimate of drug-likeness (QED) is 0.349. The number of hydrogen-bond donors (Lipinski definition) is 0. The highest BCUT2D eigenvalue weighted by molar-refractivity contribution is 7.00. The molecule has 1 heterocycles. The summed E-state index contributed by atoms with van der Waals surface area (Å²) in [7, 11) is 1.94. The van der Waals surface area contributed by atoms with E-state index in [9.17, 15) is 18.0 Å². The predicted molar refractivity (Wildman–Crippen MR) is 75.4 cm³/mol. The highest BCUT2D eigenvalue weighted by Gasteiger charge is 2.51. The maximum absolute atomic E-state index is 11.7. The van der Waals surface area contributed by atoms with E-state index in [0.717, 1.165) is 6.08 Å². The average molecular weight is 339 g/mol. The Labute approximate surface area is 136 Å². The van der Waals surface area contributed by atoms with Crippen LogP contribution in [-0.4, -0.2) is 29.4 Å². The number of carbonyl (C=O) groups is 1.